The molecule has 0 unspecified atom stereocenters. The van der Waals surface area contributed by atoms with Gasteiger partial charge in [0.05, 0.1) is 5.52 Å². The summed E-state index contributed by atoms with van der Waals surface area (Å²) in [5, 5.41) is 0. The van der Waals surface area contributed by atoms with E-state index >= 15 is 0 Å². The highest BCUT2D eigenvalue weighted by molar-refractivity contribution is 5.71. The van der Waals surface area contributed by atoms with E-state index in [-0.39, 0.29) is 5.41 Å². The molecule has 4 heteroatoms. The lowest BCUT2D eigenvalue weighted by Gasteiger charge is -2.23. The van der Waals surface area contributed by atoms with Crippen LogP contribution in [0.5, 0.6) is 0 Å². The molecule has 18 heavy (non-hydrogen) atoms. The summed E-state index contributed by atoms with van der Waals surface area (Å²) in [7, 11) is 2.06. The topological polar surface area (TPSA) is 56.7 Å². The molecular formula is C14H22N4. The van der Waals surface area contributed by atoms with Crippen molar-refractivity contribution < 1.29 is 0 Å². The van der Waals surface area contributed by atoms with Crippen molar-refractivity contribution in [2.45, 2.75) is 33.1 Å². The van der Waals surface area contributed by atoms with Crippen molar-refractivity contribution in [2.75, 3.05) is 6.54 Å². The molecule has 0 radical (unpaired) electrons. The summed E-state index contributed by atoms with van der Waals surface area (Å²) in [5.74, 6) is 1.11. The first-order valence-corrected chi connectivity index (χ1v) is 6.50. The largest absolute Gasteiger partial charge is 0.330 e. The Morgan fingerprint density at radius 1 is 1.33 bits per heavy atom. The molecule has 0 atom stereocenters. The molecule has 2 heterocycles. The molecule has 2 N–H and O–H groups in total. The molecule has 0 saturated carbocycles. The smallest absolute Gasteiger partial charge is 0.177 e. The van der Waals surface area contributed by atoms with Gasteiger partial charge in [-0.15, -0.1) is 0 Å². The Morgan fingerprint density at radius 2 is 2.11 bits per heavy atom. The zero-order chi connectivity index (χ0) is 13.2. The standard InChI is InChI=1S/C14H22N4/c1-14(2,8-9-15)7-6-12-17-13-11(18(12)3)5-4-10-16-13/h4-5,10H,6-9,15H2,1-3H3. The maximum absolute atomic E-state index is 5.64. The van der Waals surface area contributed by atoms with E-state index in [1.54, 1.807) is 6.20 Å². The number of imidazole rings is 1. The van der Waals surface area contributed by atoms with E-state index < -0.39 is 0 Å². The molecule has 0 aliphatic carbocycles. The lowest BCUT2D eigenvalue weighted by atomic mass is 9.84. The maximum Gasteiger partial charge on any atom is 0.177 e. The fourth-order valence-corrected chi connectivity index (χ4v) is 2.26. The summed E-state index contributed by atoms with van der Waals surface area (Å²) < 4.78 is 2.14. The van der Waals surface area contributed by atoms with Crippen molar-refractivity contribution >= 4 is 11.2 Å². The van der Waals surface area contributed by atoms with E-state index in [4.69, 9.17) is 5.73 Å². The molecule has 0 aliphatic rings. The first-order valence-electron chi connectivity index (χ1n) is 6.50. The minimum atomic E-state index is 0.278. The molecule has 0 amide bonds. The van der Waals surface area contributed by atoms with Gasteiger partial charge in [0.25, 0.3) is 0 Å². The molecular weight excluding hydrogens is 224 g/mol. The summed E-state index contributed by atoms with van der Waals surface area (Å²) in [5.41, 5.74) is 7.86. The third kappa shape index (κ3) is 2.70. The Bertz CT molecular complexity index is 528. The van der Waals surface area contributed by atoms with Crippen LogP contribution in [-0.2, 0) is 13.5 Å². The van der Waals surface area contributed by atoms with E-state index in [0.29, 0.717) is 0 Å². The van der Waals surface area contributed by atoms with Gasteiger partial charge < -0.3 is 10.3 Å². The molecule has 0 aliphatic heterocycles. The number of pyridine rings is 1. The number of aryl methyl sites for hydroxylation is 2. The van der Waals surface area contributed by atoms with Crippen molar-refractivity contribution in [2.24, 2.45) is 18.2 Å². The summed E-state index contributed by atoms with van der Waals surface area (Å²) in [6, 6.07) is 4.01. The van der Waals surface area contributed by atoms with Crippen LogP contribution in [0.3, 0.4) is 0 Å². The number of aromatic nitrogens is 3. The zero-order valence-electron chi connectivity index (χ0n) is 11.5. The van der Waals surface area contributed by atoms with Crippen molar-refractivity contribution in [3.05, 3.63) is 24.2 Å². The van der Waals surface area contributed by atoms with Gasteiger partial charge in [-0.2, -0.15) is 0 Å². The summed E-state index contributed by atoms with van der Waals surface area (Å²) in [6.45, 7) is 5.28. The first-order chi connectivity index (χ1) is 8.53. The maximum atomic E-state index is 5.64. The van der Waals surface area contributed by atoms with Crippen LogP contribution in [0.4, 0.5) is 0 Å². The number of hydrogen-bond donors (Lipinski definition) is 1. The Balaban J connectivity index is 2.15. The van der Waals surface area contributed by atoms with Gasteiger partial charge in [-0.1, -0.05) is 13.8 Å². The molecule has 0 saturated heterocycles. The third-order valence-corrected chi connectivity index (χ3v) is 3.60. The van der Waals surface area contributed by atoms with Crippen LogP contribution in [-0.4, -0.2) is 21.1 Å². The van der Waals surface area contributed by atoms with Crippen LogP contribution < -0.4 is 5.73 Å². The van der Waals surface area contributed by atoms with Gasteiger partial charge in [-0.05, 0) is 36.9 Å². The number of fused-ring (bicyclic) bond motifs is 1. The lowest BCUT2D eigenvalue weighted by molar-refractivity contribution is 0.310. The van der Waals surface area contributed by atoms with Crippen molar-refractivity contribution in [1.29, 1.82) is 0 Å². The van der Waals surface area contributed by atoms with Crippen LogP contribution in [0.2, 0.25) is 0 Å². The molecule has 2 rings (SSSR count). The number of hydrogen-bond acceptors (Lipinski definition) is 3. The number of nitrogens with two attached hydrogens (primary N) is 1. The second-order valence-corrected chi connectivity index (χ2v) is 5.64. The van der Waals surface area contributed by atoms with Gasteiger partial charge >= 0.3 is 0 Å². The summed E-state index contributed by atoms with van der Waals surface area (Å²) in [4.78, 5) is 8.89. The molecule has 0 fully saturated rings. The van der Waals surface area contributed by atoms with Crippen LogP contribution in [0.15, 0.2) is 18.3 Å². The number of rotatable bonds is 5. The second-order valence-electron chi connectivity index (χ2n) is 5.64. The van der Waals surface area contributed by atoms with Crippen molar-refractivity contribution in [3.63, 3.8) is 0 Å². The Kier molecular flexibility index (Phi) is 3.66. The minimum absolute atomic E-state index is 0.278. The van der Waals surface area contributed by atoms with Crippen molar-refractivity contribution in [3.8, 4) is 0 Å². The molecule has 98 valence electrons. The van der Waals surface area contributed by atoms with Crippen LogP contribution in [0.1, 0.15) is 32.5 Å². The minimum Gasteiger partial charge on any atom is -0.330 e. The quantitative estimate of drug-likeness (QED) is 0.880. The average molecular weight is 246 g/mol. The van der Waals surface area contributed by atoms with E-state index in [1.165, 1.54) is 0 Å². The zero-order valence-corrected chi connectivity index (χ0v) is 11.5. The lowest BCUT2D eigenvalue weighted by Crippen LogP contribution is -2.18. The molecule has 0 spiro atoms. The van der Waals surface area contributed by atoms with E-state index in [0.717, 1.165) is 42.8 Å². The Labute approximate surface area is 108 Å². The van der Waals surface area contributed by atoms with E-state index in [2.05, 4.69) is 41.5 Å². The highest BCUT2D eigenvalue weighted by atomic mass is 15.1. The van der Waals surface area contributed by atoms with Gasteiger partial charge in [-0.3, -0.25) is 0 Å². The van der Waals surface area contributed by atoms with Gasteiger partial charge in [0.1, 0.15) is 5.82 Å². The van der Waals surface area contributed by atoms with Gasteiger partial charge in [-0.25, -0.2) is 9.97 Å². The third-order valence-electron chi connectivity index (χ3n) is 3.60. The summed E-state index contributed by atoms with van der Waals surface area (Å²) >= 11 is 0. The van der Waals surface area contributed by atoms with Crippen LogP contribution in [0.25, 0.3) is 11.2 Å². The average Bonchev–Trinajstić information content (AvgIpc) is 2.65. The first kappa shape index (κ1) is 13.0. The van der Waals surface area contributed by atoms with E-state index in [9.17, 15) is 0 Å². The molecule has 0 bridgehead atoms. The molecule has 2 aromatic heterocycles. The van der Waals surface area contributed by atoms with Gasteiger partial charge in [0.2, 0.25) is 0 Å². The Morgan fingerprint density at radius 3 is 2.78 bits per heavy atom. The van der Waals surface area contributed by atoms with Crippen LogP contribution in [0, 0.1) is 5.41 Å². The van der Waals surface area contributed by atoms with Gasteiger partial charge in [0, 0.05) is 19.7 Å². The molecule has 0 aromatic carbocycles. The fourth-order valence-electron chi connectivity index (χ4n) is 2.26. The predicted octanol–water partition coefficient (Wildman–Crippen LogP) is 2.28. The van der Waals surface area contributed by atoms with E-state index in [1.807, 2.05) is 6.07 Å². The SMILES string of the molecule is Cn1c(CCC(C)(C)CCN)nc2ncccc21. The number of nitrogens with zero attached hydrogens (tertiary/aromatic N) is 3. The Hall–Kier alpha value is -1.42. The van der Waals surface area contributed by atoms with Crippen molar-refractivity contribution in [1.82, 2.24) is 14.5 Å². The summed E-state index contributed by atoms with van der Waals surface area (Å²) in [6.07, 6.45) is 4.91. The molecule has 2 aromatic rings. The predicted molar refractivity (Wildman–Crippen MR) is 74.3 cm³/mol. The fraction of sp³-hybridized carbons (Fsp3) is 0.571. The highest BCUT2D eigenvalue weighted by Crippen LogP contribution is 2.26. The molecule has 4 nitrogen and oxygen atoms in total. The normalized spacial score (nSPS) is 12.2. The monoisotopic (exact) mass is 246 g/mol. The highest BCUT2D eigenvalue weighted by Gasteiger charge is 2.18. The van der Waals surface area contributed by atoms with Crippen LogP contribution >= 0.6 is 0 Å². The second kappa shape index (κ2) is 5.06. The van der Waals surface area contributed by atoms with Gasteiger partial charge in [0.15, 0.2) is 5.65 Å².